The highest BCUT2D eigenvalue weighted by molar-refractivity contribution is 7.99. The maximum Gasteiger partial charge on any atom is 0.126 e. The molecule has 100 valence electrons. The second-order valence-electron chi connectivity index (χ2n) is 4.50. The molecule has 0 spiro atoms. The van der Waals surface area contributed by atoms with Gasteiger partial charge in [-0.1, -0.05) is 18.5 Å². The fraction of sp³-hybridized carbons (Fsp3) is 0.571. The summed E-state index contributed by atoms with van der Waals surface area (Å²) in [5.74, 6) is 3.05. The van der Waals surface area contributed by atoms with Crippen LogP contribution in [0.1, 0.15) is 24.5 Å². The van der Waals surface area contributed by atoms with E-state index in [-0.39, 0.29) is 6.10 Å². The molecule has 0 aliphatic carbocycles. The van der Waals surface area contributed by atoms with Crippen LogP contribution in [0.3, 0.4) is 0 Å². The molecular weight excluding hydrogens is 268 g/mol. The van der Waals surface area contributed by atoms with Crippen molar-refractivity contribution < 1.29 is 9.84 Å². The highest BCUT2D eigenvalue weighted by Crippen LogP contribution is 2.33. The molecule has 1 aromatic rings. The summed E-state index contributed by atoms with van der Waals surface area (Å²) in [7, 11) is 0. The Kier molecular flexibility index (Phi) is 5.22. The Morgan fingerprint density at radius 2 is 2.33 bits per heavy atom. The Bertz CT molecular complexity index is 409. The molecule has 0 bridgehead atoms. The summed E-state index contributed by atoms with van der Waals surface area (Å²) < 4.78 is 5.64. The third kappa shape index (κ3) is 3.56. The number of ether oxygens (including phenoxy) is 1. The first-order valence-electron chi connectivity index (χ1n) is 6.40. The molecule has 0 saturated carbocycles. The Hall–Kier alpha value is -0.380. The standard InChI is InChI=1S/C14H19ClO2S/c1-2-18-6-4-13(16)9-11-8-12(15)7-10-3-5-17-14(10)11/h7-8,13,16H,2-6,9H2,1H3. The first kappa shape index (κ1) is 14.0. The fourth-order valence-electron chi connectivity index (χ4n) is 2.22. The van der Waals surface area contributed by atoms with Gasteiger partial charge in [0.1, 0.15) is 5.75 Å². The van der Waals surface area contributed by atoms with Gasteiger partial charge in [0.2, 0.25) is 0 Å². The Balaban J connectivity index is 2.00. The molecular formula is C14H19ClO2S. The van der Waals surface area contributed by atoms with Crippen molar-refractivity contribution in [3.63, 3.8) is 0 Å². The number of aliphatic hydroxyl groups is 1. The van der Waals surface area contributed by atoms with Gasteiger partial charge in [-0.15, -0.1) is 0 Å². The average Bonchev–Trinajstić information content (AvgIpc) is 2.77. The van der Waals surface area contributed by atoms with Crippen LogP contribution in [0.25, 0.3) is 0 Å². The maximum atomic E-state index is 10.0. The number of thioether (sulfide) groups is 1. The van der Waals surface area contributed by atoms with Gasteiger partial charge in [-0.2, -0.15) is 11.8 Å². The van der Waals surface area contributed by atoms with E-state index in [1.54, 1.807) is 0 Å². The number of hydrogen-bond acceptors (Lipinski definition) is 3. The number of halogens is 1. The Morgan fingerprint density at radius 1 is 1.50 bits per heavy atom. The van der Waals surface area contributed by atoms with Crippen molar-refractivity contribution in [2.24, 2.45) is 0 Å². The monoisotopic (exact) mass is 286 g/mol. The van der Waals surface area contributed by atoms with Gasteiger partial charge in [0.25, 0.3) is 0 Å². The molecule has 18 heavy (non-hydrogen) atoms. The predicted octanol–water partition coefficient (Wildman–Crippen LogP) is 3.32. The maximum absolute atomic E-state index is 10.0. The van der Waals surface area contributed by atoms with Crippen LogP contribution in [0.4, 0.5) is 0 Å². The smallest absolute Gasteiger partial charge is 0.126 e. The van der Waals surface area contributed by atoms with Crippen molar-refractivity contribution in [2.75, 3.05) is 18.1 Å². The van der Waals surface area contributed by atoms with Gasteiger partial charge in [0.05, 0.1) is 12.7 Å². The van der Waals surface area contributed by atoms with Crippen LogP contribution in [0.2, 0.25) is 5.02 Å². The van der Waals surface area contributed by atoms with Crippen LogP contribution in [-0.2, 0) is 12.8 Å². The Morgan fingerprint density at radius 3 is 3.11 bits per heavy atom. The van der Waals surface area contributed by atoms with E-state index < -0.39 is 0 Å². The average molecular weight is 287 g/mol. The quantitative estimate of drug-likeness (QED) is 0.814. The largest absolute Gasteiger partial charge is 0.493 e. The highest BCUT2D eigenvalue weighted by Gasteiger charge is 2.19. The molecule has 1 aliphatic heterocycles. The van der Waals surface area contributed by atoms with Crippen molar-refractivity contribution in [1.29, 1.82) is 0 Å². The second kappa shape index (κ2) is 6.69. The van der Waals surface area contributed by atoms with E-state index in [0.29, 0.717) is 6.42 Å². The van der Waals surface area contributed by atoms with E-state index in [1.807, 2.05) is 23.9 Å². The lowest BCUT2D eigenvalue weighted by molar-refractivity contribution is 0.171. The van der Waals surface area contributed by atoms with E-state index in [1.165, 1.54) is 5.56 Å². The van der Waals surface area contributed by atoms with E-state index in [4.69, 9.17) is 16.3 Å². The molecule has 0 fully saturated rings. The third-order valence-electron chi connectivity index (χ3n) is 3.08. The van der Waals surface area contributed by atoms with Gasteiger partial charge in [-0.05, 0) is 41.2 Å². The fourth-order valence-corrected chi connectivity index (χ4v) is 3.21. The minimum absolute atomic E-state index is 0.309. The second-order valence-corrected chi connectivity index (χ2v) is 6.33. The van der Waals surface area contributed by atoms with Crippen LogP contribution in [-0.4, -0.2) is 29.3 Å². The van der Waals surface area contributed by atoms with Crippen molar-refractivity contribution in [3.05, 3.63) is 28.3 Å². The number of rotatable bonds is 6. The van der Waals surface area contributed by atoms with Gasteiger partial charge in [0, 0.05) is 17.9 Å². The van der Waals surface area contributed by atoms with E-state index >= 15 is 0 Å². The zero-order valence-corrected chi connectivity index (χ0v) is 12.2. The molecule has 1 unspecified atom stereocenters. The first-order valence-corrected chi connectivity index (χ1v) is 7.94. The molecule has 4 heteroatoms. The topological polar surface area (TPSA) is 29.5 Å². The number of fused-ring (bicyclic) bond motifs is 1. The highest BCUT2D eigenvalue weighted by atomic mass is 35.5. The van der Waals surface area contributed by atoms with E-state index in [2.05, 4.69) is 6.92 Å². The summed E-state index contributed by atoms with van der Waals surface area (Å²) >= 11 is 7.96. The van der Waals surface area contributed by atoms with Gasteiger partial charge in [-0.3, -0.25) is 0 Å². The molecule has 1 N–H and O–H groups in total. The molecule has 2 rings (SSSR count). The lowest BCUT2D eigenvalue weighted by Crippen LogP contribution is -2.12. The zero-order chi connectivity index (χ0) is 13.0. The van der Waals surface area contributed by atoms with Gasteiger partial charge in [-0.25, -0.2) is 0 Å². The van der Waals surface area contributed by atoms with Crippen LogP contribution in [0, 0.1) is 0 Å². The molecule has 1 atom stereocenters. The first-order chi connectivity index (χ1) is 8.70. The molecule has 0 radical (unpaired) electrons. The van der Waals surface area contributed by atoms with Crippen molar-refractivity contribution in [3.8, 4) is 5.75 Å². The van der Waals surface area contributed by atoms with Crippen molar-refractivity contribution in [1.82, 2.24) is 0 Å². The third-order valence-corrected chi connectivity index (χ3v) is 4.23. The van der Waals surface area contributed by atoms with E-state index in [9.17, 15) is 5.11 Å². The molecule has 1 aliphatic rings. The van der Waals surface area contributed by atoms with Crippen LogP contribution in [0.15, 0.2) is 12.1 Å². The minimum Gasteiger partial charge on any atom is -0.493 e. The summed E-state index contributed by atoms with van der Waals surface area (Å²) in [5, 5.41) is 10.8. The zero-order valence-electron chi connectivity index (χ0n) is 10.6. The summed E-state index contributed by atoms with van der Waals surface area (Å²) in [5.41, 5.74) is 2.22. The molecule has 1 aromatic carbocycles. The predicted molar refractivity (Wildman–Crippen MR) is 78.0 cm³/mol. The van der Waals surface area contributed by atoms with Crippen LogP contribution < -0.4 is 4.74 Å². The number of aliphatic hydroxyl groups excluding tert-OH is 1. The summed E-state index contributed by atoms with van der Waals surface area (Å²) in [6, 6.07) is 3.88. The lowest BCUT2D eigenvalue weighted by Gasteiger charge is -2.13. The Labute approximate surface area is 118 Å². The molecule has 0 amide bonds. The van der Waals surface area contributed by atoms with Crippen molar-refractivity contribution in [2.45, 2.75) is 32.3 Å². The summed E-state index contributed by atoms with van der Waals surface area (Å²) in [6.07, 6.45) is 2.06. The van der Waals surface area contributed by atoms with Gasteiger partial charge < -0.3 is 9.84 Å². The van der Waals surface area contributed by atoms with Crippen LogP contribution >= 0.6 is 23.4 Å². The molecule has 1 heterocycles. The lowest BCUT2D eigenvalue weighted by atomic mass is 10.0. The van der Waals surface area contributed by atoms with Crippen molar-refractivity contribution >= 4 is 23.4 Å². The van der Waals surface area contributed by atoms with E-state index in [0.717, 1.165) is 47.3 Å². The summed E-state index contributed by atoms with van der Waals surface area (Å²) in [4.78, 5) is 0. The number of hydrogen-bond donors (Lipinski definition) is 1. The van der Waals surface area contributed by atoms with Gasteiger partial charge in [0.15, 0.2) is 0 Å². The SMILES string of the molecule is CCSCCC(O)Cc1cc(Cl)cc2c1OCC2. The molecule has 2 nitrogen and oxygen atoms in total. The summed E-state index contributed by atoms with van der Waals surface area (Å²) in [6.45, 7) is 2.86. The normalized spacial score (nSPS) is 15.3. The van der Waals surface area contributed by atoms with Gasteiger partial charge >= 0.3 is 0 Å². The minimum atomic E-state index is -0.309. The molecule has 0 aromatic heterocycles. The van der Waals surface area contributed by atoms with Crippen LogP contribution in [0.5, 0.6) is 5.75 Å². The molecule has 0 saturated heterocycles. The number of benzene rings is 1.